The molecule has 1 amide bonds. The Morgan fingerprint density at radius 3 is 2.45 bits per heavy atom. The molecule has 33 heavy (non-hydrogen) atoms. The first-order valence-corrected chi connectivity index (χ1v) is 11.9. The second-order valence-corrected chi connectivity index (χ2v) is 9.97. The van der Waals surface area contributed by atoms with Gasteiger partial charge in [0.2, 0.25) is 11.9 Å². The molecule has 168 valence electrons. The van der Waals surface area contributed by atoms with E-state index < -0.39 is 0 Å². The Labute approximate surface area is 194 Å². The standard InChI is InChI=1S/C27H29N5O/c1-32(2)27-30-15-20(21-5-3-4-12-28-21)25(31-27)17-8-6-16(7-9-17)14-29-26(33)24-22-18-10-11-19(13-18)23(22)24/h3-9,12,15,18-19,22-24H,10-11,13-14H2,1-2H3,(H,29,33)/t18-,19-,22-,23-/m0/s1. The molecular formula is C27H29N5O. The lowest BCUT2D eigenvalue weighted by Gasteiger charge is -2.15. The predicted molar refractivity (Wildman–Crippen MR) is 128 cm³/mol. The van der Waals surface area contributed by atoms with Gasteiger partial charge in [-0.1, -0.05) is 30.3 Å². The maximum Gasteiger partial charge on any atom is 0.225 e. The van der Waals surface area contributed by atoms with E-state index in [1.54, 1.807) is 6.20 Å². The van der Waals surface area contributed by atoms with E-state index in [4.69, 9.17) is 4.98 Å². The molecule has 6 rings (SSSR count). The molecule has 3 saturated carbocycles. The third-order valence-electron chi connectivity index (χ3n) is 7.85. The van der Waals surface area contributed by atoms with Crippen LogP contribution in [0.15, 0.2) is 54.9 Å². The summed E-state index contributed by atoms with van der Waals surface area (Å²) in [4.78, 5) is 28.5. The smallest absolute Gasteiger partial charge is 0.225 e. The van der Waals surface area contributed by atoms with Crippen LogP contribution in [0.1, 0.15) is 24.8 Å². The molecule has 0 radical (unpaired) electrons. The molecule has 6 heteroatoms. The highest BCUT2D eigenvalue weighted by Gasteiger charge is 2.67. The van der Waals surface area contributed by atoms with E-state index in [0.29, 0.717) is 24.3 Å². The van der Waals surface area contributed by atoms with Crippen molar-refractivity contribution in [3.8, 4) is 22.5 Å². The third kappa shape index (κ3) is 3.58. The zero-order valence-corrected chi connectivity index (χ0v) is 19.1. The van der Waals surface area contributed by atoms with Gasteiger partial charge in [0.05, 0.1) is 11.4 Å². The number of nitrogens with one attached hydrogen (secondary N) is 1. The molecule has 3 aliphatic carbocycles. The Morgan fingerprint density at radius 1 is 1.03 bits per heavy atom. The Balaban J connectivity index is 1.19. The molecule has 1 aromatic carbocycles. The van der Waals surface area contributed by atoms with Crippen LogP contribution >= 0.6 is 0 Å². The highest BCUT2D eigenvalue weighted by Crippen LogP contribution is 2.69. The van der Waals surface area contributed by atoms with E-state index in [1.165, 1.54) is 19.3 Å². The number of benzene rings is 1. The predicted octanol–water partition coefficient (Wildman–Crippen LogP) is 4.18. The first-order chi connectivity index (χ1) is 16.1. The molecule has 6 nitrogen and oxygen atoms in total. The molecule has 0 saturated heterocycles. The van der Waals surface area contributed by atoms with E-state index in [1.807, 2.05) is 43.4 Å². The van der Waals surface area contributed by atoms with Crippen molar-refractivity contribution in [3.05, 3.63) is 60.4 Å². The number of pyridine rings is 1. The molecule has 2 aromatic heterocycles. The van der Waals surface area contributed by atoms with Gasteiger partial charge >= 0.3 is 0 Å². The topological polar surface area (TPSA) is 71.0 Å². The van der Waals surface area contributed by atoms with Gasteiger partial charge in [-0.25, -0.2) is 9.97 Å². The summed E-state index contributed by atoms with van der Waals surface area (Å²) in [6.07, 6.45) is 7.68. The lowest BCUT2D eigenvalue weighted by Crippen LogP contribution is -2.27. The fourth-order valence-electron chi connectivity index (χ4n) is 6.28. The van der Waals surface area contributed by atoms with Crippen molar-refractivity contribution in [2.45, 2.75) is 25.8 Å². The van der Waals surface area contributed by atoms with Crippen molar-refractivity contribution in [2.24, 2.45) is 29.6 Å². The number of amides is 1. The minimum Gasteiger partial charge on any atom is -0.352 e. The van der Waals surface area contributed by atoms with Crippen LogP contribution in [0.2, 0.25) is 0 Å². The summed E-state index contributed by atoms with van der Waals surface area (Å²) in [5.74, 6) is 4.20. The average Bonchev–Trinajstić information content (AvgIpc) is 3.29. The van der Waals surface area contributed by atoms with E-state index >= 15 is 0 Å². The monoisotopic (exact) mass is 439 g/mol. The van der Waals surface area contributed by atoms with Gasteiger partial charge < -0.3 is 10.2 Å². The number of hydrogen-bond donors (Lipinski definition) is 1. The molecule has 2 heterocycles. The highest BCUT2D eigenvalue weighted by molar-refractivity contribution is 5.83. The molecule has 3 aliphatic rings. The first-order valence-electron chi connectivity index (χ1n) is 11.9. The molecule has 1 N–H and O–H groups in total. The molecule has 4 atom stereocenters. The van der Waals surface area contributed by atoms with Gasteiger partial charge in [0.15, 0.2) is 0 Å². The summed E-state index contributed by atoms with van der Waals surface area (Å²) in [5.41, 5.74) is 4.70. The van der Waals surface area contributed by atoms with Crippen LogP contribution in [0.5, 0.6) is 0 Å². The van der Waals surface area contributed by atoms with Crippen LogP contribution in [-0.4, -0.2) is 35.0 Å². The second-order valence-electron chi connectivity index (χ2n) is 9.97. The molecule has 3 aromatic rings. The van der Waals surface area contributed by atoms with Crippen molar-refractivity contribution in [3.63, 3.8) is 0 Å². The molecular weight excluding hydrogens is 410 g/mol. The molecule has 2 bridgehead atoms. The molecule has 3 fully saturated rings. The van der Waals surface area contributed by atoms with Gasteiger partial charge in [-0.15, -0.1) is 0 Å². The van der Waals surface area contributed by atoms with E-state index in [9.17, 15) is 4.79 Å². The van der Waals surface area contributed by atoms with Gasteiger partial charge in [-0.2, -0.15) is 0 Å². The van der Waals surface area contributed by atoms with Crippen molar-refractivity contribution in [2.75, 3.05) is 19.0 Å². The number of carbonyl (C=O) groups is 1. The fraction of sp³-hybridized carbons (Fsp3) is 0.407. The SMILES string of the molecule is CN(C)c1ncc(-c2ccccn2)c(-c2ccc(CNC(=O)C3[C@H]4[C@H]5CC[C@@H](C5)[C@H]34)cc2)n1. The van der Waals surface area contributed by atoms with E-state index in [2.05, 4.69) is 39.6 Å². The third-order valence-corrected chi connectivity index (χ3v) is 7.85. The Hall–Kier alpha value is -3.28. The number of hydrogen-bond acceptors (Lipinski definition) is 5. The van der Waals surface area contributed by atoms with Crippen molar-refractivity contribution in [1.29, 1.82) is 0 Å². The lowest BCUT2D eigenvalue weighted by molar-refractivity contribution is -0.123. The van der Waals surface area contributed by atoms with Crippen LogP contribution in [-0.2, 0) is 11.3 Å². The maximum atomic E-state index is 12.8. The Morgan fingerprint density at radius 2 is 1.79 bits per heavy atom. The summed E-state index contributed by atoms with van der Waals surface area (Å²) < 4.78 is 0. The Kier molecular flexibility index (Phi) is 4.89. The normalized spacial score (nSPS) is 26.7. The summed E-state index contributed by atoms with van der Waals surface area (Å²) in [7, 11) is 3.87. The summed E-state index contributed by atoms with van der Waals surface area (Å²) in [6, 6.07) is 14.1. The first kappa shape index (κ1) is 20.3. The molecule has 0 spiro atoms. The van der Waals surface area contributed by atoms with Gasteiger partial charge in [-0.3, -0.25) is 9.78 Å². The van der Waals surface area contributed by atoms with Crippen LogP contribution < -0.4 is 10.2 Å². The molecule has 0 aliphatic heterocycles. The number of anilines is 1. The minimum absolute atomic E-state index is 0.259. The summed E-state index contributed by atoms with van der Waals surface area (Å²) in [5, 5.41) is 3.20. The van der Waals surface area contributed by atoms with Crippen LogP contribution in [0.4, 0.5) is 5.95 Å². The zero-order chi connectivity index (χ0) is 22.5. The van der Waals surface area contributed by atoms with Crippen molar-refractivity contribution in [1.82, 2.24) is 20.3 Å². The van der Waals surface area contributed by atoms with Gasteiger partial charge in [0.25, 0.3) is 0 Å². The van der Waals surface area contributed by atoms with Crippen LogP contribution in [0.25, 0.3) is 22.5 Å². The average molecular weight is 440 g/mol. The van der Waals surface area contributed by atoms with Gasteiger partial charge in [0, 0.05) is 50.1 Å². The zero-order valence-electron chi connectivity index (χ0n) is 19.1. The van der Waals surface area contributed by atoms with Crippen molar-refractivity contribution >= 4 is 11.9 Å². The summed E-state index contributed by atoms with van der Waals surface area (Å²) in [6.45, 7) is 0.574. The lowest BCUT2D eigenvalue weighted by atomic mass is 10.0. The second kappa shape index (κ2) is 7.94. The molecule has 0 unspecified atom stereocenters. The summed E-state index contributed by atoms with van der Waals surface area (Å²) >= 11 is 0. The van der Waals surface area contributed by atoms with Crippen molar-refractivity contribution < 1.29 is 4.79 Å². The quantitative estimate of drug-likeness (QED) is 0.624. The minimum atomic E-state index is 0.259. The number of aromatic nitrogens is 3. The fourth-order valence-corrected chi connectivity index (χ4v) is 6.28. The number of nitrogens with zero attached hydrogens (tertiary/aromatic N) is 4. The van der Waals surface area contributed by atoms with Gasteiger partial charge in [0.1, 0.15) is 0 Å². The maximum absolute atomic E-state index is 12.8. The number of fused-ring (bicyclic) bond motifs is 5. The number of rotatable bonds is 6. The van der Waals surface area contributed by atoms with E-state index in [0.717, 1.165) is 39.9 Å². The largest absolute Gasteiger partial charge is 0.352 e. The van der Waals surface area contributed by atoms with Crippen LogP contribution in [0, 0.1) is 29.6 Å². The Bertz CT molecular complexity index is 1160. The van der Waals surface area contributed by atoms with Gasteiger partial charge in [-0.05, 0) is 60.6 Å². The van der Waals surface area contributed by atoms with E-state index in [-0.39, 0.29) is 11.8 Å². The number of carbonyl (C=O) groups excluding carboxylic acids is 1. The highest BCUT2D eigenvalue weighted by atomic mass is 16.2. The van der Waals surface area contributed by atoms with Crippen LogP contribution in [0.3, 0.4) is 0 Å².